The molecule has 20 heteroatoms. The van der Waals surface area contributed by atoms with Crippen LogP contribution in [0.4, 0.5) is 0 Å². The van der Waals surface area contributed by atoms with E-state index in [0.717, 1.165) is 33.4 Å². The van der Waals surface area contributed by atoms with Gasteiger partial charge in [-0.1, -0.05) is 182 Å². The number of ether oxygens (including phenoxy) is 8. The highest BCUT2D eigenvalue weighted by atomic mass is 31.2. The largest absolute Gasteiger partial charge is 0.459 e. The molecule has 6 aromatic carbocycles. The Balaban J connectivity index is 0.000000287. The van der Waals surface area contributed by atoms with Crippen LogP contribution in [0.3, 0.4) is 0 Å². The summed E-state index contributed by atoms with van der Waals surface area (Å²) in [5.41, 5.74) is 5.10. The van der Waals surface area contributed by atoms with Crippen LogP contribution in [0.15, 0.2) is 182 Å². The third kappa shape index (κ3) is 20.5. The van der Waals surface area contributed by atoms with Gasteiger partial charge in [0.15, 0.2) is 23.9 Å². The molecule has 0 spiro atoms. The summed E-state index contributed by atoms with van der Waals surface area (Å²) < 4.78 is 94.1. The topological polar surface area (TPSA) is 219 Å². The van der Waals surface area contributed by atoms with E-state index in [1.807, 2.05) is 182 Å². The maximum Gasteiger partial charge on any atom is 0.361 e. The summed E-state index contributed by atoms with van der Waals surface area (Å²) in [5, 5.41) is 22.6. The van der Waals surface area contributed by atoms with Crippen molar-refractivity contribution in [3.63, 3.8) is 0 Å². The zero-order chi connectivity index (χ0) is 55.9. The minimum absolute atomic E-state index is 0.0415. The zero-order valence-electron chi connectivity index (χ0n) is 44.1. The van der Waals surface area contributed by atoms with Crippen LogP contribution in [0.1, 0.15) is 33.4 Å². The second-order valence-corrected chi connectivity index (χ2v) is 21.9. The molecule has 2 N–H and O–H groups in total. The number of benzene rings is 6. The van der Waals surface area contributed by atoms with E-state index in [9.17, 15) is 28.9 Å². The summed E-state index contributed by atoms with van der Waals surface area (Å²) >= 11 is 0. The van der Waals surface area contributed by atoms with E-state index in [1.165, 1.54) is 28.4 Å². The Morgan fingerprint density at radius 2 is 0.577 bits per heavy atom. The van der Waals surface area contributed by atoms with E-state index in [4.69, 9.17) is 56.0 Å². The molecule has 0 heterocycles. The molecule has 0 aliphatic carbocycles. The van der Waals surface area contributed by atoms with Gasteiger partial charge in [0.05, 0.1) is 52.9 Å². The Morgan fingerprint density at radius 3 is 0.795 bits per heavy atom. The van der Waals surface area contributed by atoms with Crippen molar-refractivity contribution < 1.29 is 84.9 Å². The van der Waals surface area contributed by atoms with E-state index in [1.54, 1.807) is 0 Å². The van der Waals surface area contributed by atoms with E-state index in [-0.39, 0.29) is 65.8 Å². The zero-order valence-corrected chi connectivity index (χ0v) is 45.9. The average molecular weight is 1120 g/mol. The van der Waals surface area contributed by atoms with Gasteiger partial charge in [0.1, 0.15) is 24.4 Å². The summed E-state index contributed by atoms with van der Waals surface area (Å²) in [6.07, 6.45) is -6.91. The van der Waals surface area contributed by atoms with Crippen molar-refractivity contribution in [3.8, 4) is 0 Å². The second-order valence-electron chi connectivity index (χ2n) is 17.2. The SMILES string of the molecule is COP(=O)(OC)[C@@H](O)[C@@H](OCc1ccccc1)[C@H](OCc1ccccc1)[C@@H](COCc1ccccc1)OC=O.COP(=O)(OC)[C@@H](O)[C@@H](OCc1ccccc1)[C@H](OCc1ccccc1)[C@@H](COCc1ccccc1)OC=O. The summed E-state index contributed by atoms with van der Waals surface area (Å²) in [7, 11) is -3.45. The predicted molar refractivity (Wildman–Crippen MR) is 289 cm³/mol. The lowest BCUT2D eigenvalue weighted by Crippen LogP contribution is -2.50. The first kappa shape index (κ1) is 63.1. The fourth-order valence-electron chi connectivity index (χ4n) is 7.84. The van der Waals surface area contributed by atoms with E-state index in [0.29, 0.717) is 0 Å². The molecule has 0 bridgehead atoms. The fraction of sp³-hybridized carbons (Fsp3) is 0.345. The van der Waals surface area contributed by atoms with Gasteiger partial charge >= 0.3 is 15.2 Å². The number of carbonyl (C=O) groups excluding carboxylic acids is 2. The van der Waals surface area contributed by atoms with Crippen LogP contribution in [0.2, 0.25) is 0 Å². The molecular weight excluding hydrogens is 1050 g/mol. The van der Waals surface area contributed by atoms with Gasteiger partial charge in [-0.3, -0.25) is 18.7 Å². The van der Waals surface area contributed by atoms with Crippen LogP contribution in [-0.2, 0) is 114 Å². The Hall–Kier alpha value is -5.76. The van der Waals surface area contributed by atoms with Gasteiger partial charge in [-0.2, -0.15) is 0 Å². The summed E-state index contributed by atoms with van der Waals surface area (Å²) in [6, 6.07) is 56.1. The molecular formula is C58H70O18P2. The molecule has 0 fully saturated rings. The Bertz CT molecular complexity index is 2430. The van der Waals surface area contributed by atoms with Crippen molar-refractivity contribution in [1.82, 2.24) is 0 Å². The number of hydrogen-bond donors (Lipinski definition) is 2. The Kier molecular flexibility index (Phi) is 28.3. The molecule has 18 nitrogen and oxygen atoms in total. The van der Waals surface area contributed by atoms with Gasteiger partial charge in [0.25, 0.3) is 12.9 Å². The number of aliphatic hydroxyl groups is 2. The molecule has 8 atom stereocenters. The fourth-order valence-corrected chi connectivity index (χ4v) is 10.2. The molecule has 0 aliphatic rings. The van der Waals surface area contributed by atoms with Gasteiger partial charge in [-0.05, 0) is 33.4 Å². The van der Waals surface area contributed by atoms with E-state index >= 15 is 0 Å². The monoisotopic (exact) mass is 1120 g/mol. The maximum absolute atomic E-state index is 13.3. The minimum atomic E-state index is -4.07. The smallest absolute Gasteiger partial charge is 0.361 e. The quantitative estimate of drug-likeness (QED) is 0.0276. The van der Waals surface area contributed by atoms with Gasteiger partial charge in [-0.25, -0.2) is 0 Å². The molecule has 0 saturated carbocycles. The molecule has 0 radical (unpaired) electrons. The molecule has 0 saturated heterocycles. The van der Waals surface area contributed by atoms with Crippen LogP contribution in [0.5, 0.6) is 0 Å². The standard InChI is InChI=1S/2C29H35O9P/c2*1-33-39(32,34-2)29(31)28(37-20-25-16-10-5-11-17-25)27(36-19-24-14-8-4-9-15-24)26(38-22-30)21-35-18-23-12-6-3-7-13-23/h2*3-17,22,26-29,31H,18-21H2,1-2H3/t2*26-,27-,28+,29-/m11/s1. The molecule has 0 aromatic heterocycles. The van der Waals surface area contributed by atoms with Crippen molar-refractivity contribution in [2.75, 3.05) is 41.7 Å². The second kappa shape index (κ2) is 35.0. The third-order valence-electron chi connectivity index (χ3n) is 12.0. The molecule has 0 amide bonds. The lowest BCUT2D eigenvalue weighted by Gasteiger charge is -2.36. The first-order chi connectivity index (χ1) is 38.0. The lowest BCUT2D eigenvalue weighted by atomic mass is 10.1. The van der Waals surface area contributed by atoms with Crippen LogP contribution in [0.25, 0.3) is 0 Å². The molecule has 0 unspecified atom stereocenters. The number of hydrogen-bond acceptors (Lipinski definition) is 18. The van der Waals surface area contributed by atoms with E-state index < -0.39 is 63.5 Å². The lowest BCUT2D eigenvalue weighted by molar-refractivity contribution is -0.181. The van der Waals surface area contributed by atoms with Crippen LogP contribution >= 0.6 is 15.2 Å². The third-order valence-corrected chi connectivity index (χ3v) is 15.9. The van der Waals surface area contributed by atoms with Crippen molar-refractivity contribution in [2.24, 2.45) is 0 Å². The van der Waals surface area contributed by atoms with Gasteiger partial charge in [0, 0.05) is 28.4 Å². The number of carbonyl (C=O) groups is 2. The van der Waals surface area contributed by atoms with Crippen LogP contribution in [-0.4, -0.2) is 113 Å². The normalized spacial score (nSPS) is 14.7. The van der Waals surface area contributed by atoms with Gasteiger partial charge in [0.2, 0.25) is 0 Å². The molecule has 420 valence electrons. The first-order valence-electron chi connectivity index (χ1n) is 24.8. The Labute approximate surface area is 456 Å². The maximum atomic E-state index is 13.3. The summed E-state index contributed by atoms with van der Waals surface area (Å²) in [5.74, 6) is -3.55. The van der Waals surface area contributed by atoms with Crippen LogP contribution < -0.4 is 0 Å². The summed E-state index contributed by atoms with van der Waals surface area (Å²) in [4.78, 5) is 23.1. The first-order valence-corrected chi connectivity index (χ1v) is 28.1. The number of aliphatic hydroxyl groups excluding tert-OH is 2. The van der Waals surface area contributed by atoms with Crippen molar-refractivity contribution in [2.45, 2.75) is 88.0 Å². The summed E-state index contributed by atoms with van der Waals surface area (Å²) in [6.45, 7) is 1.14. The van der Waals surface area contributed by atoms with Gasteiger partial charge < -0.3 is 66.2 Å². The highest BCUT2D eigenvalue weighted by molar-refractivity contribution is 7.54. The molecule has 6 aromatic rings. The minimum Gasteiger partial charge on any atom is -0.459 e. The van der Waals surface area contributed by atoms with Gasteiger partial charge in [-0.15, -0.1) is 0 Å². The molecule has 6 rings (SSSR count). The highest BCUT2D eigenvalue weighted by Gasteiger charge is 2.48. The Morgan fingerprint density at radius 1 is 0.359 bits per heavy atom. The average Bonchev–Trinajstić information content (AvgIpc) is 3.51. The van der Waals surface area contributed by atoms with Crippen molar-refractivity contribution in [3.05, 3.63) is 215 Å². The molecule has 0 aliphatic heterocycles. The van der Waals surface area contributed by atoms with Crippen LogP contribution in [0, 0.1) is 0 Å². The van der Waals surface area contributed by atoms with E-state index in [2.05, 4.69) is 0 Å². The number of rotatable bonds is 36. The van der Waals surface area contributed by atoms with Crippen molar-refractivity contribution in [1.29, 1.82) is 0 Å². The predicted octanol–water partition coefficient (Wildman–Crippen LogP) is 9.44. The highest BCUT2D eigenvalue weighted by Crippen LogP contribution is 2.54. The molecule has 78 heavy (non-hydrogen) atoms. The van der Waals surface area contributed by atoms with Crippen molar-refractivity contribution >= 4 is 28.1 Å².